The first-order valence-corrected chi connectivity index (χ1v) is 8.22. The van der Waals surface area contributed by atoms with E-state index in [2.05, 4.69) is 15.6 Å². The summed E-state index contributed by atoms with van der Waals surface area (Å²) in [7, 11) is 0. The van der Waals surface area contributed by atoms with Crippen LogP contribution in [0.5, 0.6) is 0 Å². The second kappa shape index (κ2) is 6.46. The molecule has 1 aromatic carbocycles. The maximum absolute atomic E-state index is 12.7. The summed E-state index contributed by atoms with van der Waals surface area (Å²) in [5.74, 6) is -0.567. The van der Waals surface area contributed by atoms with Crippen molar-refractivity contribution in [2.45, 2.75) is 36.7 Å². The minimum absolute atomic E-state index is 0.0224. The Morgan fingerprint density at radius 2 is 2.12 bits per heavy atom. The Balaban J connectivity index is 1.66. The standard InChI is InChI=1S/C15H14F3N3O2S/c16-15(17,18)8-2-1-3-10(6-8)20-14-21-13(23)11(24-14)7-12(22)19-9-4-5-9/h1-3,6,9,11H,4-5,7H2,(H,19,22)(H,20,21,23). The van der Waals surface area contributed by atoms with Gasteiger partial charge in [0.25, 0.3) is 0 Å². The molecule has 1 aliphatic heterocycles. The van der Waals surface area contributed by atoms with Crippen LogP contribution >= 0.6 is 11.8 Å². The number of hydrogen-bond donors (Lipinski definition) is 2. The Bertz CT molecular complexity index is 701. The molecule has 2 N–H and O–H groups in total. The number of halogens is 3. The quantitative estimate of drug-likeness (QED) is 0.870. The molecule has 2 amide bonds. The van der Waals surface area contributed by atoms with Crippen molar-refractivity contribution in [2.24, 2.45) is 4.99 Å². The summed E-state index contributed by atoms with van der Waals surface area (Å²) < 4.78 is 38.1. The zero-order valence-corrected chi connectivity index (χ0v) is 13.2. The van der Waals surface area contributed by atoms with E-state index < -0.39 is 17.0 Å². The third-order valence-electron chi connectivity index (χ3n) is 3.49. The minimum atomic E-state index is -4.45. The molecule has 1 atom stereocenters. The lowest BCUT2D eigenvalue weighted by molar-refractivity contribution is -0.137. The van der Waals surface area contributed by atoms with Gasteiger partial charge in [-0.15, -0.1) is 0 Å². The number of alkyl halides is 3. The first-order chi connectivity index (χ1) is 11.3. The van der Waals surface area contributed by atoms with Gasteiger partial charge in [-0.05, 0) is 31.0 Å². The van der Waals surface area contributed by atoms with Crippen LogP contribution in [0.4, 0.5) is 18.9 Å². The second-order valence-corrected chi connectivity index (χ2v) is 6.80. The van der Waals surface area contributed by atoms with Gasteiger partial charge in [0.1, 0.15) is 5.25 Å². The van der Waals surface area contributed by atoms with E-state index in [1.807, 2.05) is 0 Å². The fourth-order valence-corrected chi connectivity index (χ4v) is 3.13. The molecule has 9 heteroatoms. The fourth-order valence-electron chi connectivity index (χ4n) is 2.14. The number of nitrogens with one attached hydrogen (secondary N) is 2. The van der Waals surface area contributed by atoms with E-state index in [9.17, 15) is 22.8 Å². The molecule has 5 nitrogen and oxygen atoms in total. The van der Waals surface area contributed by atoms with Gasteiger partial charge in [-0.25, -0.2) is 4.99 Å². The van der Waals surface area contributed by atoms with Gasteiger partial charge in [-0.3, -0.25) is 9.59 Å². The molecule has 2 fully saturated rings. The van der Waals surface area contributed by atoms with E-state index in [1.54, 1.807) is 0 Å². The van der Waals surface area contributed by atoms with Crippen LogP contribution in [0.15, 0.2) is 29.3 Å². The van der Waals surface area contributed by atoms with Gasteiger partial charge < -0.3 is 10.6 Å². The van der Waals surface area contributed by atoms with Gasteiger partial charge in [0.05, 0.1) is 11.3 Å². The molecule has 1 aliphatic carbocycles. The number of nitrogens with zero attached hydrogens (tertiary/aromatic N) is 1. The summed E-state index contributed by atoms with van der Waals surface area (Å²) >= 11 is 1.05. The van der Waals surface area contributed by atoms with Crippen molar-refractivity contribution in [1.29, 1.82) is 0 Å². The molecule has 1 saturated carbocycles. The highest BCUT2D eigenvalue weighted by molar-refractivity contribution is 8.15. The lowest BCUT2D eigenvalue weighted by Gasteiger charge is -2.07. The summed E-state index contributed by atoms with van der Waals surface area (Å²) in [6.45, 7) is 0. The number of hydrogen-bond acceptors (Lipinski definition) is 4. The smallest absolute Gasteiger partial charge is 0.353 e. The molecule has 1 saturated heterocycles. The Labute approximate surface area is 140 Å². The molecule has 1 unspecified atom stereocenters. The van der Waals surface area contributed by atoms with Crippen LogP contribution < -0.4 is 10.6 Å². The molecular weight excluding hydrogens is 343 g/mol. The number of carbonyl (C=O) groups excluding carboxylic acids is 2. The Morgan fingerprint density at radius 3 is 2.79 bits per heavy atom. The maximum atomic E-state index is 12.7. The molecule has 128 valence electrons. The van der Waals surface area contributed by atoms with Crippen molar-refractivity contribution in [3.05, 3.63) is 29.8 Å². The molecule has 0 aromatic heterocycles. The van der Waals surface area contributed by atoms with E-state index in [0.717, 1.165) is 36.7 Å². The highest BCUT2D eigenvalue weighted by atomic mass is 32.2. The molecule has 0 spiro atoms. The normalized spacial score (nSPS) is 22.5. The average molecular weight is 357 g/mol. The van der Waals surface area contributed by atoms with Crippen LogP contribution in [0.1, 0.15) is 24.8 Å². The fraction of sp³-hybridized carbons (Fsp3) is 0.400. The predicted octanol–water partition coefficient (Wildman–Crippen LogP) is 2.59. The van der Waals surface area contributed by atoms with Gasteiger partial charge in [-0.2, -0.15) is 13.2 Å². The predicted molar refractivity (Wildman–Crippen MR) is 83.8 cm³/mol. The van der Waals surface area contributed by atoms with Crippen molar-refractivity contribution in [3.63, 3.8) is 0 Å². The molecular formula is C15H14F3N3O2S. The van der Waals surface area contributed by atoms with Crippen LogP contribution in [-0.4, -0.2) is 28.3 Å². The third kappa shape index (κ3) is 4.28. The van der Waals surface area contributed by atoms with Gasteiger partial charge in [0.2, 0.25) is 11.8 Å². The lowest BCUT2D eigenvalue weighted by Crippen LogP contribution is -2.32. The van der Waals surface area contributed by atoms with E-state index in [1.165, 1.54) is 12.1 Å². The highest BCUT2D eigenvalue weighted by Gasteiger charge is 2.34. The number of carbonyl (C=O) groups is 2. The lowest BCUT2D eigenvalue weighted by atomic mass is 10.2. The number of benzene rings is 1. The summed E-state index contributed by atoms with van der Waals surface area (Å²) in [5.41, 5.74) is -0.713. The number of aliphatic imine (C=N–C) groups is 1. The monoisotopic (exact) mass is 357 g/mol. The number of rotatable bonds is 4. The summed E-state index contributed by atoms with van der Waals surface area (Å²) in [6.07, 6.45) is -2.52. The van der Waals surface area contributed by atoms with Crippen LogP contribution in [-0.2, 0) is 15.8 Å². The Kier molecular flexibility index (Phi) is 4.53. The maximum Gasteiger partial charge on any atom is 0.416 e. The van der Waals surface area contributed by atoms with Crippen molar-refractivity contribution in [2.75, 3.05) is 0 Å². The van der Waals surface area contributed by atoms with Crippen molar-refractivity contribution < 1.29 is 22.8 Å². The zero-order chi connectivity index (χ0) is 17.3. The van der Waals surface area contributed by atoms with Crippen molar-refractivity contribution in [3.8, 4) is 0 Å². The summed E-state index contributed by atoms with van der Waals surface area (Å²) in [4.78, 5) is 27.6. The molecule has 1 heterocycles. The van der Waals surface area contributed by atoms with Crippen molar-refractivity contribution >= 4 is 34.4 Å². The van der Waals surface area contributed by atoms with E-state index in [-0.39, 0.29) is 35.1 Å². The minimum Gasteiger partial charge on any atom is -0.353 e. The van der Waals surface area contributed by atoms with Gasteiger partial charge in [0.15, 0.2) is 5.17 Å². The first-order valence-electron chi connectivity index (χ1n) is 7.34. The molecule has 1 aromatic rings. The first kappa shape index (κ1) is 16.8. The third-order valence-corrected chi connectivity index (χ3v) is 4.58. The Hall–Kier alpha value is -2.03. The number of thioether (sulfide) groups is 1. The van der Waals surface area contributed by atoms with E-state index in [0.29, 0.717) is 0 Å². The van der Waals surface area contributed by atoms with E-state index >= 15 is 0 Å². The number of amides is 2. The second-order valence-electron chi connectivity index (χ2n) is 5.61. The summed E-state index contributed by atoms with van der Waals surface area (Å²) in [6, 6.07) is 4.75. The van der Waals surface area contributed by atoms with Crippen LogP contribution in [0, 0.1) is 0 Å². The molecule has 2 aliphatic rings. The van der Waals surface area contributed by atoms with Crippen LogP contribution in [0.3, 0.4) is 0 Å². The topological polar surface area (TPSA) is 70.6 Å². The van der Waals surface area contributed by atoms with Crippen LogP contribution in [0.25, 0.3) is 0 Å². The van der Waals surface area contributed by atoms with Gasteiger partial charge in [0, 0.05) is 12.5 Å². The molecule has 24 heavy (non-hydrogen) atoms. The Morgan fingerprint density at radius 1 is 1.38 bits per heavy atom. The van der Waals surface area contributed by atoms with Crippen LogP contribution in [0.2, 0.25) is 0 Å². The van der Waals surface area contributed by atoms with Gasteiger partial charge >= 0.3 is 6.18 Å². The molecule has 3 rings (SSSR count). The molecule has 0 radical (unpaired) electrons. The van der Waals surface area contributed by atoms with E-state index in [4.69, 9.17) is 0 Å². The zero-order valence-electron chi connectivity index (χ0n) is 12.4. The largest absolute Gasteiger partial charge is 0.416 e. The SMILES string of the molecule is O=C(CC1SC(=Nc2cccc(C(F)(F)F)c2)NC1=O)NC1CC1. The summed E-state index contributed by atoms with van der Waals surface area (Å²) in [5, 5.41) is 4.87. The van der Waals surface area contributed by atoms with Gasteiger partial charge in [-0.1, -0.05) is 17.8 Å². The number of amidine groups is 1. The highest BCUT2D eigenvalue weighted by Crippen LogP contribution is 2.32. The molecule has 0 bridgehead atoms. The average Bonchev–Trinajstić information content (AvgIpc) is 3.23. The van der Waals surface area contributed by atoms with Crippen molar-refractivity contribution in [1.82, 2.24) is 10.6 Å².